The summed E-state index contributed by atoms with van der Waals surface area (Å²) in [6.45, 7) is 0. The Morgan fingerprint density at radius 1 is 0.955 bits per heavy atom. The van der Waals surface area contributed by atoms with Gasteiger partial charge in [-0.05, 0) is 11.1 Å². The zero-order valence-electron chi connectivity index (χ0n) is 12.0. The number of aliphatic hydroxyl groups excluding tert-OH is 1. The minimum absolute atomic E-state index is 0.401. The van der Waals surface area contributed by atoms with Crippen LogP contribution in [-0.4, -0.2) is 23.0 Å². The number of carbonyl (C=O) groups excluding carboxylic acids is 2. The Bertz CT molecular complexity index is 589. The number of nitrogens with two attached hydrogens (primary N) is 1. The SMILES string of the molecule is NC(=O)CC(O)C(=O)NC(c1ccccc1)c1ccccc1. The van der Waals surface area contributed by atoms with Gasteiger partial charge in [0.1, 0.15) is 6.10 Å². The van der Waals surface area contributed by atoms with E-state index in [9.17, 15) is 14.7 Å². The molecule has 0 aromatic heterocycles. The van der Waals surface area contributed by atoms with Gasteiger partial charge >= 0.3 is 0 Å². The molecule has 5 nitrogen and oxygen atoms in total. The number of benzene rings is 2. The molecule has 5 heteroatoms. The molecule has 1 unspecified atom stereocenters. The van der Waals surface area contributed by atoms with Crippen LogP contribution in [0.25, 0.3) is 0 Å². The van der Waals surface area contributed by atoms with Gasteiger partial charge in [0.05, 0.1) is 12.5 Å². The van der Waals surface area contributed by atoms with Crippen LogP contribution in [-0.2, 0) is 9.59 Å². The first-order valence-electron chi connectivity index (χ1n) is 6.94. The highest BCUT2D eigenvalue weighted by Crippen LogP contribution is 2.21. The average molecular weight is 298 g/mol. The molecule has 1 atom stereocenters. The lowest BCUT2D eigenvalue weighted by molar-refractivity contribution is -0.134. The van der Waals surface area contributed by atoms with Crippen molar-refractivity contribution in [2.45, 2.75) is 18.6 Å². The van der Waals surface area contributed by atoms with Crippen LogP contribution in [0.3, 0.4) is 0 Å². The van der Waals surface area contributed by atoms with E-state index in [4.69, 9.17) is 5.73 Å². The summed E-state index contributed by atoms with van der Waals surface area (Å²) in [5, 5.41) is 12.5. The van der Waals surface area contributed by atoms with Gasteiger partial charge in [-0.25, -0.2) is 0 Å². The first-order valence-corrected chi connectivity index (χ1v) is 6.94. The summed E-state index contributed by atoms with van der Waals surface area (Å²) < 4.78 is 0. The lowest BCUT2D eigenvalue weighted by Crippen LogP contribution is -2.39. The number of aliphatic hydroxyl groups is 1. The second-order valence-corrected chi connectivity index (χ2v) is 4.95. The second kappa shape index (κ2) is 7.38. The summed E-state index contributed by atoms with van der Waals surface area (Å²) in [5.41, 5.74) is 6.77. The van der Waals surface area contributed by atoms with E-state index >= 15 is 0 Å². The van der Waals surface area contributed by atoms with E-state index in [1.54, 1.807) is 0 Å². The summed E-state index contributed by atoms with van der Waals surface area (Å²) in [6.07, 6.45) is -1.85. The number of nitrogens with one attached hydrogen (secondary N) is 1. The number of hydrogen-bond acceptors (Lipinski definition) is 3. The predicted molar refractivity (Wildman–Crippen MR) is 82.7 cm³/mol. The number of rotatable bonds is 6. The molecule has 0 radical (unpaired) electrons. The highest BCUT2D eigenvalue weighted by molar-refractivity contribution is 5.87. The lowest BCUT2D eigenvalue weighted by Gasteiger charge is -2.21. The van der Waals surface area contributed by atoms with Crippen LogP contribution in [0.15, 0.2) is 60.7 Å². The molecule has 114 valence electrons. The highest BCUT2D eigenvalue weighted by atomic mass is 16.3. The third kappa shape index (κ3) is 4.17. The van der Waals surface area contributed by atoms with Gasteiger partial charge in [-0.15, -0.1) is 0 Å². The maximum atomic E-state index is 12.1. The Hall–Kier alpha value is -2.66. The fraction of sp³-hybridized carbons (Fsp3) is 0.176. The molecule has 0 heterocycles. The third-order valence-electron chi connectivity index (χ3n) is 3.25. The smallest absolute Gasteiger partial charge is 0.250 e. The summed E-state index contributed by atoms with van der Waals surface area (Å²) in [7, 11) is 0. The molecular formula is C17H18N2O3. The van der Waals surface area contributed by atoms with Gasteiger partial charge in [0.15, 0.2) is 0 Å². The number of primary amides is 1. The monoisotopic (exact) mass is 298 g/mol. The summed E-state index contributed by atoms with van der Waals surface area (Å²) >= 11 is 0. The normalized spacial score (nSPS) is 11.9. The molecule has 4 N–H and O–H groups in total. The molecule has 2 amide bonds. The first-order chi connectivity index (χ1) is 10.6. The summed E-state index contributed by atoms with van der Waals surface area (Å²) in [6, 6.07) is 18.4. The molecule has 0 aliphatic carbocycles. The van der Waals surface area contributed by atoms with E-state index in [0.717, 1.165) is 11.1 Å². The van der Waals surface area contributed by atoms with Gasteiger partial charge in [-0.2, -0.15) is 0 Å². The molecule has 22 heavy (non-hydrogen) atoms. The highest BCUT2D eigenvalue weighted by Gasteiger charge is 2.22. The average Bonchev–Trinajstić information content (AvgIpc) is 2.53. The lowest BCUT2D eigenvalue weighted by atomic mass is 9.98. The van der Waals surface area contributed by atoms with Crippen molar-refractivity contribution in [1.29, 1.82) is 0 Å². The fourth-order valence-corrected chi connectivity index (χ4v) is 2.17. The Labute approximate surface area is 128 Å². The molecule has 2 aromatic rings. The Morgan fingerprint density at radius 3 is 1.82 bits per heavy atom. The predicted octanol–water partition coefficient (Wildman–Crippen LogP) is 1.13. The zero-order valence-corrected chi connectivity index (χ0v) is 12.0. The standard InChI is InChI=1S/C17H18N2O3/c18-15(21)11-14(20)17(22)19-16(12-7-3-1-4-8-12)13-9-5-2-6-10-13/h1-10,14,16,20H,11H2,(H2,18,21)(H,19,22). The van der Waals surface area contributed by atoms with Crippen molar-refractivity contribution >= 4 is 11.8 Å². The molecule has 0 saturated carbocycles. The first kappa shape index (κ1) is 15.7. The minimum Gasteiger partial charge on any atom is -0.383 e. The molecular weight excluding hydrogens is 280 g/mol. The Balaban J connectivity index is 2.23. The van der Waals surface area contributed by atoms with Crippen LogP contribution in [0.5, 0.6) is 0 Å². The van der Waals surface area contributed by atoms with Crippen molar-refractivity contribution in [3.8, 4) is 0 Å². The van der Waals surface area contributed by atoms with Crippen molar-refractivity contribution in [3.63, 3.8) is 0 Å². The molecule has 0 saturated heterocycles. The summed E-state index contributed by atoms with van der Waals surface area (Å²) in [5.74, 6) is -1.35. The molecule has 2 rings (SSSR count). The van der Waals surface area contributed by atoms with E-state index in [1.807, 2.05) is 60.7 Å². The molecule has 0 fully saturated rings. The number of amides is 2. The molecule has 0 bridgehead atoms. The van der Waals surface area contributed by atoms with Crippen LogP contribution in [0.2, 0.25) is 0 Å². The van der Waals surface area contributed by atoms with Gasteiger partial charge < -0.3 is 16.2 Å². The fourth-order valence-electron chi connectivity index (χ4n) is 2.17. The van der Waals surface area contributed by atoms with Crippen LogP contribution >= 0.6 is 0 Å². The van der Waals surface area contributed by atoms with Crippen LogP contribution in [0.4, 0.5) is 0 Å². The van der Waals surface area contributed by atoms with Crippen molar-refractivity contribution in [3.05, 3.63) is 71.8 Å². The second-order valence-electron chi connectivity index (χ2n) is 4.95. The van der Waals surface area contributed by atoms with E-state index in [-0.39, 0.29) is 0 Å². The molecule has 0 aliphatic heterocycles. The van der Waals surface area contributed by atoms with Crippen molar-refractivity contribution in [2.24, 2.45) is 5.73 Å². The quantitative estimate of drug-likeness (QED) is 0.746. The topological polar surface area (TPSA) is 92.4 Å². The Morgan fingerprint density at radius 2 is 1.41 bits per heavy atom. The van der Waals surface area contributed by atoms with Gasteiger partial charge in [0, 0.05) is 0 Å². The molecule has 0 spiro atoms. The zero-order chi connectivity index (χ0) is 15.9. The van der Waals surface area contributed by atoms with Crippen LogP contribution < -0.4 is 11.1 Å². The molecule has 0 aliphatic rings. The third-order valence-corrected chi connectivity index (χ3v) is 3.25. The van der Waals surface area contributed by atoms with Crippen LogP contribution in [0.1, 0.15) is 23.6 Å². The van der Waals surface area contributed by atoms with Crippen molar-refractivity contribution < 1.29 is 14.7 Å². The number of carbonyl (C=O) groups is 2. The van der Waals surface area contributed by atoms with E-state index in [1.165, 1.54) is 0 Å². The molecule has 2 aromatic carbocycles. The summed E-state index contributed by atoms with van der Waals surface area (Å²) in [4.78, 5) is 22.9. The van der Waals surface area contributed by atoms with Crippen molar-refractivity contribution in [1.82, 2.24) is 5.32 Å². The van der Waals surface area contributed by atoms with E-state index in [2.05, 4.69) is 5.32 Å². The van der Waals surface area contributed by atoms with Gasteiger partial charge in [0.25, 0.3) is 0 Å². The van der Waals surface area contributed by atoms with Crippen molar-refractivity contribution in [2.75, 3.05) is 0 Å². The van der Waals surface area contributed by atoms with Gasteiger partial charge in [-0.3, -0.25) is 9.59 Å². The maximum absolute atomic E-state index is 12.1. The minimum atomic E-state index is -1.45. The van der Waals surface area contributed by atoms with Gasteiger partial charge in [0.2, 0.25) is 11.8 Å². The van der Waals surface area contributed by atoms with Gasteiger partial charge in [-0.1, -0.05) is 60.7 Å². The van der Waals surface area contributed by atoms with Crippen LogP contribution in [0, 0.1) is 0 Å². The number of hydrogen-bond donors (Lipinski definition) is 3. The maximum Gasteiger partial charge on any atom is 0.250 e. The van der Waals surface area contributed by atoms with E-state index < -0.39 is 30.4 Å². The largest absolute Gasteiger partial charge is 0.383 e. The van der Waals surface area contributed by atoms with E-state index in [0.29, 0.717) is 0 Å². The Kier molecular flexibility index (Phi) is 5.27.